The summed E-state index contributed by atoms with van der Waals surface area (Å²) in [6.45, 7) is 4.84. The summed E-state index contributed by atoms with van der Waals surface area (Å²) < 4.78 is 27.2. The van der Waals surface area contributed by atoms with Crippen LogP contribution in [-0.2, 0) is 35.6 Å². The first-order chi connectivity index (χ1) is 11.3. The summed E-state index contributed by atoms with van der Waals surface area (Å²) in [6, 6.07) is 1.97. The summed E-state index contributed by atoms with van der Waals surface area (Å²) in [7, 11) is -1.41. The number of carbonyl (C=O) groups is 1. The van der Waals surface area contributed by atoms with Crippen molar-refractivity contribution in [3.63, 3.8) is 0 Å². The molecule has 9 heteroatoms. The van der Waals surface area contributed by atoms with Crippen LogP contribution in [-0.4, -0.2) is 46.2 Å². The fourth-order valence-electron chi connectivity index (χ4n) is 3.05. The zero-order valence-electron chi connectivity index (χ0n) is 14.0. The first-order valence-electron chi connectivity index (χ1n) is 7.81. The summed E-state index contributed by atoms with van der Waals surface area (Å²) in [5.74, 6) is -0.347. The largest absolute Gasteiger partial charge is 0.349 e. The smallest absolute Gasteiger partial charge is 0.272 e. The molecule has 3 rings (SSSR count). The number of sulfone groups is 1. The van der Waals surface area contributed by atoms with E-state index in [0.717, 1.165) is 17.1 Å². The van der Waals surface area contributed by atoms with Gasteiger partial charge in [-0.1, -0.05) is 0 Å². The SMILES string of the molecule is Cc1cc(C)n(CCNC(=O)c2nn(C)c3c2CS(=O)(=O)CC3)n1. The van der Waals surface area contributed by atoms with E-state index in [1.807, 2.05) is 24.6 Å². The summed E-state index contributed by atoms with van der Waals surface area (Å²) in [4.78, 5) is 12.4. The average Bonchev–Trinajstić information content (AvgIpc) is 2.97. The molecule has 0 atom stereocenters. The molecule has 0 radical (unpaired) electrons. The van der Waals surface area contributed by atoms with Crippen LogP contribution >= 0.6 is 0 Å². The van der Waals surface area contributed by atoms with Gasteiger partial charge in [-0.3, -0.25) is 14.2 Å². The summed E-state index contributed by atoms with van der Waals surface area (Å²) in [5, 5.41) is 11.4. The Morgan fingerprint density at radius 3 is 2.75 bits per heavy atom. The molecule has 0 bridgehead atoms. The number of hydrogen-bond acceptors (Lipinski definition) is 5. The van der Waals surface area contributed by atoms with Crippen molar-refractivity contribution >= 4 is 15.7 Å². The number of hydrogen-bond donors (Lipinski definition) is 1. The van der Waals surface area contributed by atoms with Crippen LogP contribution in [0, 0.1) is 13.8 Å². The molecule has 1 amide bonds. The third kappa shape index (κ3) is 3.21. The number of rotatable bonds is 4. The summed E-state index contributed by atoms with van der Waals surface area (Å²) in [6.07, 6.45) is 0.403. The summed E-state index contributed by atoms with van der Waals surface area (Å²) in [5.41, 5.74) is 3.54. The van der Waals surface area contributed by atoms with Crippen LogP contribution in [0.2, 0.25) is 0 Å². The molecule has 2 aromatic heterocycles. The van der Waals surface area contributed by atoms with E-state index in [-0.39, 0.29) is 23.1 Å². The van der Waals surface area contributed by atoms with Gasteiger partial charge in [-0.2, -0.15) is 10.2 Å². The highest BCUT2D eigenvalue weighted by atomic mass is 32.2. The van der Waals surface area contributed by atoms with Gasteiger partial charge in [-0.25, -0.2) is 8.42 Å². The molecular formula is C15H21N5O3S. The van der Waals surface area contributed by atoms with Crippen LogP contribution < -0.4 is 5.32 Å². The Morgan fingerprint density at radius 2 is 2.08 bits per heavy atom. The highest BCUT2D eigenvalue weighted by Gasteiger charge is 2.30. The average molecular weight is 351 g/mol. The lowest BCUT2D eigenvalue weighted by molar-refractivity contribution is 0.0945. The minimum Gasteiger partial charge on any atom is -0.349 e. The third-order valence-corrected chi connectivity index (χ3v) is 5.77. The Bertz CT molecular complexity index is 895. The molecule has 1 N–H and O–H groups in total. The number of aromatic nitrogens is 4. The van der Waals surface area contributed by atoms with E-state index >= 15 is 0 Å². The summed E-state index contributed by atoms with van der Waals surface area (Å²) >= 11 is 0. The maximum Gasteiger partial charge on any atom is 0.272 e. The molecule has 0 spiro atoms. The number of aryl methyl sites for hydroxylation is 3. The minimum atomic E-state index is -3.15. The van der Waals surface area contributed by atoms with E-state index in [9.17, 15) is 13.2 Å². The first kappa shape index (κ1) is 16.7. The van der Waals surface area contributed by atoms with Crippen molar-refractivity contribution in [3.05, 3.63) is 34.4 Å². The number of nitrogens with zero attached hydrogens (tertiary/aromatic N) is 4. The monoisotopic (exact) mass is 351 g/mol. The number of amides is 1. The van der Waals surface area contributed by atoms with Gasteiger partial charge < -0.3 is 5.32 Å². The Kier molecular flexibility index (Phi) is 4.20. The van der Waals surface area contributed by atoms with Crippen molar-refractivity contribution < 1.29 is 13.2 Å². The van der Waals surface area contributed by atoms with Crippen LogP contribution in [0.3, 0.4) is 0 Å². The van der Waals surface area contributed by atoms with Crippen LogP contribution in [0.1, 0.15) is 33.1 Å². The fraction of sp³-hybridized carbons (Fsp3) is 0.533. The minimum absolute atomic E-state index is 0.110. The van der Waals surface area contributed by atoms with Gasteiger partial charge in [-0.05, 0) is 19.9 Å². The Hall–Kier alpha value is -2.16. The normalized spacial score (nSPS) is 16.0. The molecule has 0 saturated carbocycles. The second-order valence-corrected chi connectivity index (χ2v) is 8.33. The Labute approximate surface area is 140 Å². The molecular weight excluding hydrogens is 330 g/mol. The number of fused-ring (bicyclic) bond motifs is 1. The Balaban J connectivity index is 1.71. The highest BCUT2D eigenvalue weighted by Crippen LogP contribution is 2.23. The molecule has 8 nitrogen and oxygen atoms in total. The number of carbonyl (C=O) groups excluding carboxylic acids is 1. The van der Waals surface area contributed by atoms with Gasteiger partial charge in [0.2, 0.25) is 0 Å². The molecule has 1 aliphatic rings. The lowest BCUT2D eigenvalue weighted by atomic mass is 10.1. The molecule has 2 aromatic rings. The quantitative estimate of drug-likeness (QED) is 0.844. The van der Waals surface area contributed by atoms with Crippen LogP contribution in [0.15, 0.2) is 6.07 Å². The van der Waals surface area contributed by atoms with Gasteiger partial charge in [0.05, 0.1) is 23.7 Å². The first-order valence-corrected chi connectivity index (χ1v) is 9.63. The van der Waals surface area contributed by atoms with Crippen LogP contribution in [0.5, 0.6) is 0 Å². The van der Waals surface area contributed by atoms with Gasteiger partial charge in [0.15, 0.2) is 15.5 Å². The van der Waals surface area contributed by atoms with E-state index in [0.29, 0.717) is 25.1 Å². The molecule has 0 unspecified atom stereocenters. The van der Waals surface area contributed by atoms with Crippen LogP contribution in [0.25, 0.3) is 0 Å². The zero-order chi connectivity index (χ0) is 17.5. The fourth-order valence-corrected chi connectivity index (χ4v) is 4.45. The van der Waals surface area contributed by atoms with E-state index in [2.05, 4.69) is 15.5 Å². The standard InChI is InChI=1S/C15H21N5O3S/c1-10-8-11(2)20(17-10)6-5-16-15(21)14-12-9-24(22,23)7-4-13(12)19(3)18-14/h8H,4-7,9H2,1-3H3,(H,16,21). The van der Waals surface area contributed by atoms with Gasteiger partial charge >= 0.3 is 0 Å². The van der Waals surface area contributed by atoms with E-state index in [1.165, 1.54) is 0 Å². The van der Waals surface area contributed by atoms with Gasteiger partial charge in [-0.15, -0.1) is 0 Å². The molecule has 0 saturated heterocycles. The maximum absolute atomic E-state index is 12.4. The van der Waals surface area contributed by atoms with Crippen molar-refractivity contribution in [1.29, 1.82) is 0 Å². The van der Waals surface area contributed by atoms with Gasteiger partial charge in [0, 0.05) is 37.0 Å². The van der Waals surface area contributed by atoms with Crippen molar-refractivity contribution in [2.24, 2.45) is 7.05 Å². The number of nitrogens with one attached hydrogen (secondary N) is 1. The predicted molar refractivity (Wildman–Crippen MR) is 88.4 cm³/mol. The molecule has 130 valence electrons. The van der Waals surface area contributed by atoms with E-state index < -0.39 is 9.84 Å². The van der Waals surface area contributed by atoms with Crippen LogP contribution in [0.4, 0.5) is 0 Å². The van der Waals surface area contributed by atoms with Crippen molar-refractivity contribution in [3.8, 4) is 0 Å². The van der Waals surface area contributed by atoms with E-state index in [4.69, 9.17) is 0 Å². The molecule has 24 heavy (non-hydrogen) atoms. The second-order valence-electron chi connectivity index (χ2n) is 6.15. The lowest BCUT2D eigenvalue weighted by Crippen LogP contribution is -2.29. The maximum atomic E-state index is 12.4. The molecule has 0 fully saturated rings. The Morgan fingerprint density at radius 1 is 1.33 bits per heavy atom. The lowest BCUT2D eigenvalue weighted by Gasteiger charge is -2.13. The van der Waals surface area contributed by atoms with E-state index in [1.54, 1.807) is 11.7 Å². The van der Waals surface area contributed by atoms with Crippen molar-refractivity contribution in [2.75, 3.05) is 12.3 Å². The van der Waals surface area contributed by atoms with Gasteiger partial charge in [0.1, 0.15) is 0 Å². The van der Waals surface area contributed by atoms with Gasteiger partial charge in [0.25, 0.3) is 5.91 Å². The molecule has 1 aliphatic heterocycles. The topological polar surface area (TPSA) is 98.9 Å². The van der Waals surface area contributed by atoms with Crippen molar-refractivity contribution in [1.82, 2.24) is 24.9 Å². The third-order valence-electron chi connectivity index (χ3n) is 4.22. The zero-order valence-corrected chi connectivity index (χ0v) is 14.9. The predicted octanol–water partition coefficient (Wildman–Crippen LogP) is 0.134. The second kappa shape index (κ2) is 6.04. The molecule has 3 heterocycles. The highest BCUT2D eigenvalue weighted by molar-refractivity contribution is 7.90. The molecule has 0 aromatic carbocycles. The molecule has 0 aliphatic carbocycles. The van der Waals surface area contributed by atoms with Crippen molar-refractivity contribution in [2.45, 2.75) is 32.6 Å².